The van der Waals surface area contributed by atoms with Gasteiger partial charge in [-0.05, 0) is 13.3 Å². The van der Waals surface area contributed by atoms with Crippen molar-refractivity contribution in [2.45, 2.75) is 37.6 Å². The van der Waals surface area contributed by atoms with E-state index >= 15 is 0 Å². The minimum Gasteiger partial charge on any atom is -0.360 e. The van der Waals surface area contributed by atoms with Crippen LogP contribution in [0.5, 0.6) is 0 Å². The predicted octanol–water partition coefficient (Wildman–Crippen LogP) is 0.429. The number of alkyl halides is 1. The van der Waals surface area contributed by atoms with Crippen LogP contribution in [0.15, 0.2) is 0 Å². The van der Waals surface area contributed by atoms with Gasteiger partial charge in [-0.3, -0.25) is 4.79 Å². The lowest BCUT2D eigenvalue weighted by Crippen LogP contribution is -2.37. The van der Waals surface area contributed by atoms with E-state index in [0.29, 0.717) is 12.8 Å². The van der Waals surface area contributed by atoms with Crippen molar-refractivity contribution in [3.05, 3.63) is 0 Å². The largest absolute Gasteiger partial charge is 0.360 e. The molecule has 1 N–H and O–H groups in total. The SMILES string of the molecule is CC12CCC(=O)N1CC(O)(F)C2. The van der Waals surface area contributed by atoms with Crippen LogP contribution in [0.3, 0.4) is 0 Å². The van der Waals surface area contributed by atoms with Crippen molar-refractivity contribution in [3.63, 3.8) is 0 Å². The third-order valence-corrected chi connectivity index (χ3v) is 2.88. The molecular formula is C8H12FNO2. The number of aliphatic hydroxyl groups is 1. The summed E-state index contributed by atoms with van der Waals surface area (Å²) in [6, 6.07) is 0. The number of fused-ring (bicyclic) bond motifs is 1. The standard InChI is InChI=1S/C8H12FNO2/c1-7-3-2-6(11)10(7)5-8(9,12)4-7/h12H,2-5H2,1H3. The van der Waals surface area contributed by atoms with E-state index in [1.807, 2.05) is 6.92 Å². The van der Waals surface area contributed by atoms with Gasteiger partial charge in [0, 0.05) is 18.4 Å². The van der Waals surface area contributed by atoms with E-state index in [9.17, 15) is 9.18 Å². The molecule has 2 atom stereocenters. The number of carbonyl (C=O) groups is 1. The van der Waals surface area contributed by atoms with Crippen LogP contribution in [0, 0.1) is 0 Å². The van der Waals surface area contributed by atoms with E-state index < -0.39 is 11.4 Å². The van der Waals surface area contributed by atoms with E-state index in [-0.39, 0.29) is 18.9 Å². The summed E-state index contributed by atoms with van der Waals surface area (Å²) in [5, 5.41) is 9.12. The fraction of sp³-hybridized carbons (Fsp3) is 0.875. The predicted molar refractivity (Wildman–Crippen MR) is 40.0 cm³/mol. The number of carbonyl (C=O) groups excluding carboxylic acids is 1. The molecule has 3 nitrogen and oxygen atoms in total. The molecule has 0 bridgehead atoms. The van der Waals surface area contributed by atoms with Crippen LogP contribution in [-0.4, -0.2) is 33.9 Å². The van der Waals surface area contributed by atoms with Crippen LogP contribution < -0.4 is 0 Å². The Labute approximate surface area is 70.2 Å². The topological polar surface area (TPSA) is 40.5 Å². The van der Waals surface area contributed by atoms with Gasteiger partial charge in [-0.25, -0.2) is 4.39 Å². The van der Waals surface area contributed by atoms with Gasteiger partial charge in [-0.2, -0.15) is 0 Å². The van der Waals surface area contributed by atoms with Gasteiger partial charge in [0.15, 0.2) is 0 Å². The second-order valence-corrected chi connectivity index (χ2v) is 4.07. The summed E-state index contributed by atoms with van der Waals surface area (Å²) < 4.78 is 13.1. The maximum Gasteiger partial charge on any atom is 0.226 e. The zero-order chi connectivity index (χ0) is 8.98. The highest BCUT2D eigenvalue weighted by Gasteiger charge is 2.55. The Morgan fingerprint density at radius 2 is 2.33 bits per heavy atom. The van der Waals surface area contributed by atoms with E-state index in [2.05, 4.69) is 0 Å². The Bertz CT molecular complexity index is 241. The number of hydrogen-bond acceptors (Lipinski definition) is 2. The summed E-state index contributed by atoms with van der Waals surface area (Å²) in [6.07, 6.45) is 1.22. The molecule has 0 radical (unpaired) electrons. The molecular weight excluding hydrogens is 161 g/mol. The van der Waals surface area contributed by atoms with E-state index in [0.717, 1.165) is 0 Å². The number of amides is 1. The van der Waals surface area contributed by atoms with Gasteiger partial charge in [0.2, 0.25) is 11.8 Å². The molecule has 68 valence electrons. The number of β-amino-alcohol motifs (C(OH)–C–C–N with tert-alkyl or cyclic N) is 1. The molecule has 2 unspecified atom stereocenters. The average molecular weight is 173 g/mol. The molecule has 2 fully saturated rings. The molecule has 0 spiro atoms. The number of halogens is 1. The van der Waals surface area contributed by atoms with Crippen LogP contribution in [0.1, 0.15) is 26.2 Å². The molecule has 0 saturated carbocycles. The molecule has 2 heterocycles. The van der Waals surface area contributed by atoms with Gasteiger partial charge >= 0.3 is 0 Å². The summed E-state index contributed by atoms with van der Waals surface area (Å²) in [4.78, 5) is 12.7. The molecule has 1 amide bonds. The lowest BCUT2D eigenvalue weighted by atomic mass is 9.95. The molecule has 2 saturated heterocycles. The van der Waals surface area contributed by atoms with Crippen molar-refractivity contribution >= 4 is 5.91 Å². The van der Waals surface area contributed by atoms with Gasteiger partial charge in [0.25, 0.3) is 0 Å². The Morgan fingerprint density at radius 1 is 1.67 bits per heavy atom. The maximum absolute atomic E-state index is 13.1. The zero-order valence-electron chi connectivity index (χ0n) is 7.01. The number of rotatable bonds is 0. The third-order valence-electron chi connectivity index (χ3n) is 2.88. The first-order valence-electron chi connectivity index (χ1n) is 4.15. The molecule has 2 aliphatic heterocycles. The van der Waals surface area contributed by atoms with Crippen molar-refractivity contribution < 1.29 is 14.3 Å². The van der Waals surface area contributed by atoms with Gasteiger partial charge in [-0.15, -0.1) is 0 Å². The van der Waals surface area contributed by atoms with Crippen molar-refractivity contribution in [2.24, 2.45) is 0 Å². The molecule has 0 aromatic rings. The number of nitrogens with zero attached hydrogens (tertiary/aromatic N) is 1. The van der Waals surface area contributed by atoms with E-state index in [1.54, 1.807) is 0 Å². The van der Waals surface area contributed by atoms with Crippen LogP contribution >= 0.6 is 0 Å². The lowest BCUT2D eigenvalue weighted by molar-refractivity contribution is -0.132. The summed E-state index contributed by atoms with van der Waals surface area (Å²) in [7, 11) is 0. The average Bonchev–Trinajstić information content (AvgIpc) is 2.28. The van der Waals surface area contributed by atoms with Crippen LogP contribution in [0.25, 0.3) is 0 Å². The quantitative estimate of drug-likeness (QED) is 0.577. The Kier molecular flexibility index (Phi) is 1.32. The first kappa shape index (κ1) is 7.98. The monoisotopic (exact) mass is 173 g/mol. The molecule has 12 heavy (non-hydrogen) atoms. The smallest absolute Gasteiger partial charge is 0.226 e. The van der Waals surface area contributed by atoms with Crippen LogP contribution in [0.2, 0.25) is 0 Å². The molecule has 2 aliphatic rings. The third kappa shape index (κ3) is 0.941. The fourth-order valence-corrected chi connectivity index (χ4v) is 2.29. The van der Waals surface area contributed by atoms with Crippen molar-refractivity contribution in [3.8, 4) is 0 Å². The van der Waals surface area contributed by atoms with Gasteiger partial charge in [-0.1, -0.05) is 0 Å². The fourth-order valence-electron chi connectivity index (χ4n) is 2.29. The summed E-state index contributed by atoms with van der Waals surface area (Å²) in [5.74, 6) is -2.20. The first-order valence-corrected chi connectivity index (χ1v) is 4.15. The Balaban J connectivity index is 2.28. The Hall–Kier alpha value is -0.640. The van der Waals surface area contributed by atoms with Gasteiger partial charge < -0.3 is 10.0 Å². The van der Waals surface area contributed by atoms with E-state index in [4.69, 9.17) is 5.11 Å². The normalized spacial score (nSPS) is 46.9. The molecule has 0 aliphatic carbocycles. The van der Waals surface area contributed by atoms with Crippen LogP contribution in [0.4, 0.5) is 4.39 Å². The minimum atomic E-state index is -2.16. The highest BCUT2D eigenvalue weighted by molar-refractivity contribution is 5.80. The highest BCUT2D eigenvalue weighted by atomic mass is 19.2. The summed E-state index contributed by atoms with van der Waals surface area (Å²) in [5.41, 5.74) is -0.430. The van der Waals surface area contributed by atoms with Crippen LogP contribution in [-0.2, 0) is 4.79 Å². The number of hydrogen-bond donors (Lipinski definition) is 1. The molecule has 0 aromatic heterocycles. The highest BCUT2D eigenvalue weighted by Crippen LogP contribution is 2.43. The van der Waals surface area contributed by atoms with Crippen molar-refractivity contribution in [1.29, 1.82) is 0 Å². The minimum absolute atomic E-state index is 0.0360. The second kappa shape index (κ2) is 1.99. The molecule has 0 aromatic carbocycles. The van der Waals surface area contributed by atoms with Gasteiger partial charge in [0.1, 0.15) is 0 Å². The van der Waals surface area contributed by atoms with Crippen molar-refractivity contribution in [2.75, 3.05) is 6.54 Å². The molecule has 2 rings (SSSR count). The van der Waals surface area contributed by atoms with Crippen molar-refractivity contribution in [1.82, 2.24) is 4.90 Å². The van der Waals surface area contributed by atoms with Gasteiger partial charge in [0.05, 0.1) is 6.54 Å². The zero-order valence-corrected chi connectivity index (χ0v) is 7.01. The first-order chi connectivity index (χ1) is 5.43. The maximum atomic E-state index is 13.1. The second-order valence-electron chi connectivity index (χ2n) is 4.07. The Morgan fingerprint density at radius 3 is 2.92 bits per heavy atom. The summed E-state index contributed by atoms with van der Waals surface area (Å²) in [6.45, 7) is 1.68. The molecule has 4 heteroatoms. The lowest BCUT2D eigenvalue weighted by Gasteiger charge is -2.25. The van der Waals surface area contributed by atoms with E-state index in [1.165, 1.54) is 4.90 Å². The summed E-state index contributed by atoms with van der Waals surface area (Å²) >= 11 is 0.